The van der Waals surface area contributed by atoms with Crippen molar-refractivity contribution in [2.75, 3.05) is 11.9 Å². The lowest BCUT2D eigenvalue weighted by molar-refractivity contribution is 0.112. The molecule has 0 bridgehead atoms. The number of carbonyl (C=O) groups excluding carboxylic acids is 1. The molecule has 0 spiro atoms. The van der Waals surface area contributed by atoms with Crippen LogP contribution in [0.5, 0.6) is 0 Å². The molecule has 0 aromatic heterocycles. The van der Waals surface area contributed by atoms with Crippen LogP contribution in [0.2, 0.25) is 0 Å². The summed E-state index contributed by atoms with van der Waals surface area (Å²) in [5.41, 5.74) is 4.36. The summed E-state index contributed by atoms with van der Waals surface area (Å²) in [7, 11) is 2.09. The zero-order valence-electron chi connectivity index (χ0n) is 11.0. The van der Waals surface area contributed by atoms with Crippen molar-refractivity contribution in [2.24, 2.45) is 0 Å². The van der Waals surface area contributed by atoms with Crippen LogP contribution in [0.15, 0.2) is 47.4 Å². The standard InChI is InChI=1S/C16H15NOS/c1-11-7-8-15-14(9-11)17(2)16(19-15)13-6-4-3-5-12(13)10-18/h3-10,16H,1-2H3. The Kier molecular flexibility index (Phi) is 3.07. The number of carbonyl (C=O) groups is 1. The van der Waals surface area contributed by atoms with Crippen molar-refractivity contribution in [3.8, 4) is 0 Å². The number of hydrogen-bond donors (Lipinski definition) is 0. The fraction of sp³-hybridized carbons (Fsp3) is 0.188. The number of fused-ring (bicyclic) bond motifs is 1. The predicted molar refractivity (Wildman–Crippen MR) is 80.0 cm³/mol. The van der Waals surface area contributed by atoms with Gasteiger partial charge in [0.1, 0.15) is 11.7 Å². The van der Waals surface area contributed by atoms with E-state index in [9.17, 15) is 4.79 Å². The van der Waals surface area contributed by atoms with Crippen molar-refractivity contribution in [2.45, 2.75) is 17.2 Å². The summed E-state index contributed by atoms with van der Waals surface area (Å²) in [4.78, 5) is 14.7. The highest BCUT2D eigenvalue weighted by Gasteiger charge is 2.29. The molecule has 1 heterocycles. The third kappa shape index (κ3) is 2.04. The van der Waals surface area contributed by atoms with Gasteiger partial charge in [-0.3, -0.25) is 4.79 Å². The van der Waals surface area contributed by atoms with Crippen LogP contribution in [0.25, 0.3) is 0 Å². The summed E-state index contributed by atoms with van der Waals surface area (Å²) >= 11 is 1.80. The molecule has 0 N–H and O–H groups in total. The number of anilines is 1. The zero-order valence-corrected chi connectivity index (χ0v) is 11.8. The molecule has 0 amide bonds. The van der Waals surface area contributed by atoms with E-state index in [0.717, 1.165) is 17.4 Å². The van der Waals surface area contributed by atoms with Gasteiger partial charge in [0.15, 0.2) is 0 Å². The number of aryl methyl sites for hydroxylation is 1. The van der Waals surface area contributed by atoms with E-state index in [0.29, 0.717) is 0 Å². The molecule has 2 nitrogen and oxygen atoms in total. The van der Waals surface area contributed by atoms with Gasteiger partial charge in [-0.25, -0.2) is 0 Å². The highest BCUT2D eigenvalue weighted by molar-refractivity contribution is 8.00. The second kappa shape index (κ2) is 4.74. The van der Waals surface area contributed by atoms with Gasteiger partial charge in [-0.05, 0) is 30.2 Å². The van der Waals surface area contributed by atoms with Crippen molar-refractivity contribution in [1.82, 2.24) is 0 Å². The molecular weight excluding hydrogens is 254 g/mol. The van der Waals surface area contributed by atoms with Gasteiger partial charge >= 0.3 is 0 Å². The molecule has 0 saturated heterocycles. The van der Waals surface area contributed by atoms with Crippen LogP contribution in [0.3, 0.4) is 0 Å². The minimum Gasteiger partial charge on any atom is -0.357 e. The van der Waals surface area contributed by atoms with E-state index in [1.165, 1.54) is 16.1 Å². The number of rotatable bonds is 2. The Morgan fingerprint density at radius 1 is 1.21 bits per heavy atom. The van der Waals surface area contributed by atoms with E-state index < -0.39 is 0 Å². The molecule has 0 aliphatic carbocycles. The number of thioether (sulfide) groups is 1. The Balaban J connectivity index is 2.04. The first kappa shape index (κ1) is 12.3. The highest BCUT2D eigenvalue weighted by atomic mass is 32.2. The van der Waals surface area contributed by atoms with Crippen LogP contribution >= 0.6 is 11.8 Å². The number of hydrogen-bond acceptors (Lipinski definition) is 3. The minimum absolute atomic E-state index is 0.179. The van der Waals surface area contributed by atoms with Crippen molar-refractivity contribution in [3.05, 3.63) is 59.2 Å². The normalized spacial score (nSPS) is 17.4. The summed E-state index contributed by atoms with van der Waals surface area (Å²) in [5, 5.41) is 0.179. The van der Waals surface area contributed by atoms with Crippen LogP contribution in [0.4, 0.5) is 5.69 Å². The lowest BCUT2D eigenvalue weighted by atomic mass is 10.1. The highest BCUT2D eigenvalue weighted by Crippen LogP contribution is 2.51. The molecule has 1 atom stereocenters. The smallest absolute Gasteiger partial charge is 0.150 e. The second-order valence-electron chi connectivity index (χ2n) is 4.80. The quantitative estimate of drug-likeness (QED) is 0.767. The maximum absolute atomic E-state index is 11.2. The first-order valence-electron chi connectivity index (χ1n) is 6.25. The van der Waals surface area contributed by atoms with Gasteiger partial charge < -0.3 is 4.90 Å². The third-order valence-corrected chi connectivity index (χ3v) is 4.87. The predicted octanol–water partition coefficient (Wildman–Crippen LogP) is 4.05. The second-order valence-corrected chi connectivity index (χ2v) is 5.92. The van der Waals surface area contributed by atoms with Gasteiger partial charge in [-0.15, -0.1) is 0 Å². The average Bonchev–Trinajstić information content (AvgIpc) is 2.76. The Labute approximate surface area is 117 Å². The molecule has 1 aliphatic rings. The summed E-state index contributed by atoms with van der Waals surface area (Å²) in [6.45, 7) is 2.10. The van der Waals surface area contributed by atoms with Gasteiger partial charge in [-0.1, -0.05) is 42.1 Å². The SMILES string of the molecule is Cc1ccc2c(c1)N(C)C(c1ccccc1C=O)S2. The summed E-state index contributed by atoms with van der Waals surface area (Å²) in [6, 6.07) is 14.3. The van der Waals surface area contributed by atoms with Crippen molar-refractivity contribution in [3.63, 3.8) is 0 Å². The Morgan fingerprint density at radius 3 is 2.79 bits per heavy atom. The average molecular weight is 269 g/mol. The maximum Gasteiger partial charge on any atom is 0.150 e. The van der Waals surface area contributed by atoms with Gasteiger partial charge in [0.25, 0.3) is 0 Å². The molecule has 0 fully saturated rings. The summed E-state index contributed by atoms with van der Waals surface area (Å²) in [5.74, 6) is 0. The third-order valence-electron chi connectivity index (χ3n) is 3.47. The minimum atomic E-state index is 0.179. The molecule has 2 aromatic carbocycles. The van der Waals surface area contributed by atoms with Crippen molar-refractivity contribution in [1.29, 1.82) is 0 Å². The van der Waals surface area contributed by atoms with Gasteiger partial charge in [0.05, 0.1) is 5.69 Å². The lowest BCUT2D eigenvalue weighted by Gasteiger charge is -2.23. The van der Waals surface area contributed by atoms with Crippen LogP contribution < -0.4 is 4.90 Å². The van der Waals surface area contributed by atoms with Gasteiger partial charge in [-0.2, -0.15) is 0 Å². The van der Waals surface area contributed by atoms with Gasteiger partial charge in [0.2, 0.25) is 0 Å². The van der Waals surface area contributed by atoms with Crippen LogP contribution in [0, 0.1) is 6.92 Å². The topological polar surface area (TPSA) is 20.3 Å². The van der Waals surface area contributed by atoms with Crippen molar-refractivity contribution < 1.29 is 4.79 Å². The molecule has 2 aromatic rings. The van der Waals surface area contributed by atoms with E-state index in [2.05, 4.69) is 37.1 Å². The number of benzene rings is 2. The molecule has 1 aliphatic heterocycles. The fourth-order valence-corrected chi connectivity index (χ4v) is 3.77. The molecule has 0 radical (unpaired) electrons. The molecule has 96 valence electrons. The molecular formula is C16H15NOS. The Hall–Kier alpha value is -1.74. The van der Waals surface area contributed by atoms with Crippen LogP contribution in [0.1, 0.15) is 26.9 Å². The molecule has 3 heteroatoms. The first-order chi connectivity index (χ1) is 9.20. The van der Waals surface area contributed by atoms with Gasteiger partial charge in [0, 0.05) is 17.5 Å². The van der Waals surface area contributed by atoms with Crippen molar-refractivity contribution >= 4 is 23.7 Å². The summed E-state index contributed by atoms with van der Waals surface area (Å²) in [6.07, 6.45) is 0.942. The largest absolute Gasteiger partial charge is 0.357 e. The fourth-order valence-electron chi connectivity index (χ4n) is 2.44. The van der Waals surface area contributed by atoms with Crippen LogP contribution in [-0.4, -0.2) is 13.3 Å². The van der Waals surface area contributed by atoms with Crippen LogP contribution in [-0.2, 0) is 0 Å². The van der Waals surface area contributed by atoms with E-state index in [-0.39, 0.29) is 5.37 Å². The maximum atomic E-state index is 11.2. The summed E-state index contributed by atoms with van der Waals surface area (Å²) < 4.78 is 0. The zero-order chi connectivity index (χ0) is 13.4. The Bertz CT molecular complexity index is 638. The molecule has 3 rings (SSSR count). The molecule has 0 saturated carbocycles. The first-order valence-corrected chi connectivity index (χ1v) is 7.13. The monoisotopic (exact) mass is 269 g/mol. The van der Waals surface area contributed by atoms with E-state index in [4.69, 9.17) is 0 Å². The molecule has 1 unspecified atom stereocenters. The number of aldehydes is 1. The number of nitrogens with zero attached hydrogens (tertiary/aromatic N) is 1. The van der Waals surface area contributed by atoms with E-state index in [1.54, 1.807) is 11.8 Å². The lowest BCUT2D eigenvalue weighted by Crippen LogP contribution is -2.18. The van der Waals surface area contributed by atoms with E-state index in [1.807, 2.05) is 24.3 Å². The Morgan fingerprint density at radius 2 is 2.00 bits per heavy atom. The van der Waals surface area contributed by atoms with E-state index >= 15 is 0 Å². The molecule has 19 heavy (non-hydrogen) atoms.